The van der Waals surface area contributed by atoms with Gasteiger partial charge < -0.3 is 9.47 Å². The number of non-ortho nitro benzene ring substituents is 1. The summed E-state index contributed by atoms with van der Waals surface area (Å²) >= 11 is 0. The molecule has 0 heterocycles. The Labute approximate surface area is 105 Å². The molecule has 5 nitrogen and oxygen atoms in total. The summed E-state index contributed by atoms with van der Waals surface area (Å²) in [5.41, 5.74) is -0.612. The number of halogens is 1. The topological polar surface area (TPSA) is 61.6 Å². The summed E-state index contributed by atoms with van der Waals surface area (Å²) in [6.07, 6.45) is 0. The van der Waals surface area contributed by atoms with Crippen LogP contribution in [-0.2, 0) is 4.74 Å². The lowest BCUT2D eigenvalue weighted by Crippen LogP contribution is -2.22. The molecule has 0 atom stereocenters. The van der Waals surface area contributed by atoms with Crippen LogP contribution in [0, 0.1) is 15.9 Å². The zero-order valence-electron chi connectivity index (χ0n) is 10.6. The highest BCUT2D eigenvalue weighted by Gasteiger charge is 2.12. The molecule has 1 aromatic rings. The minimum atomic E-state index is -0.698. The van der Waals surface area contributed by atoms with Gasteiger partial charge in [0.25, 0.3) is 5.69 Å². The standard InChI is InChI=1S/C12H16FNO4/c1-12(2,3)18-5-4-17-11-7-9(13)6-10(8-11)14(15)16/h6-8H,4-5H2,1-3H3. The first-order chi connectivity index (χ1) is 8.28. The summed E-state index contributed by atoms with van der Waals surface area (Å²) < 4.78 is 23.7. The van der Waals surface area contributed by atoms with Gasteiger partial charge in [-0.3, -0.25) is 10.1 Å². The van der Waals surface area contributed by atoms with Gasteiger partial charge >= 0.3 is 0 Å². The van der Waals surface area contributed by atoms with E-state index in [0.29, 0.717) is 6.61 Å². The molecule has 0 bridgehead atoms. The number of hydrogen-bond donors (Lipinski definition) is 0. The van der Waals surface area contributed by atoms with Crippen molar-refractivity contribution in [2.24, 2.45) is 0 Å². The van der Waals surface area contributed by atoms with E-state index < -0.39 is 10.7 Å². The summed E-state index contributed by atoms with van der Waals surface area (Å²) in [4.78, 5) is 9.86. The van der Waals surface area contributed by atoms with E-state index >= 15 is 0 Å². The lowest BCUT2D eigenvalue weighted by molar-refractivity contribution is -0.385. The van der Waals surface area contributed by atoms with Crippen LogP contribution in [0.15, 0.2) is 18.2 Å². The molecule has 0 aromatic heterocycles. The van der Waals surface area contributed by atoms with Crippen LogP contribution in [0.3, 0.4) is 0 Å². The van der Waals surface area contributed by atoms with E-state index in [9.17, 15) is 14.5 Å². The molecule has 0 aliphatic rings. The quantitative estimate of drug-likeness (QED) is 0.462. The number of nitrogens with zero attached hydrogens (tertiary/aromatic N) is 1. The maximum absolute atomic E-state index is 13.1. The van der Waals surface area contributed by atoms with Crippen molar-refractivity contribution in [2.75, 3.05) is 13.2 Å². The molecule has 0 fully saturated rings. The number of rotatable bonds is 5. The van der Waals surface area contributed by atoms with E-state index in [0.717, 1.165) is 12.1 Å². The van der Waals surface area contributed by atoms with E-state index in [4.69, 9.17) is 9.47 Å². The van der Waals surface area contributed by atoms with Crippen molar-refractivity contribution >= 4 is 5.69 Å². The molecule has 1 aromatic carbocycles. The van der Waals surface area contributed by atoms with Gasteiger partial charge in [0.05, 0.1) is 29.3 Å². The van der Waals surface area contributed by atoms with Gasteiger partial charge in [-0.25, -0.2) is 4.39 Å². The molecule has 0 aliphatic carbocycles. The van der Waals surface area contributed by atoms with Crippen LogP contribution < -0.4 is 4.74 Å². The summed E-state index contributed by atoms with van der Waals surface area (Å²) in [6.45, 7) is 6.24. The van der Waals surface area contributed by atoms with Gasteiger partial charge in [-0.2, -0.15) is 0 Å². The first-order valence-electron chi connectivity index (χ1n) is 5.50. The number of nitro benzene ring substituents is 1. The number of ether oxygens (including phenoxy) is 2. The molecule has 100 valence electrons. The Hall–Kier alpha value is -1.69. The van der Waals surface area contributed by atoms with Gasteiger partial charge in [-0.15, -0.1) is 0 Å². The van der Waals surface area contributed by atoms with Gasteiger partial charge in [0, 0.05) is 6.07 Å². The van der Waals surface area contributed by atoms with Crippen molar-refractivity contribution < 1.29 is 18.8 Å². The minimum absolute atomic E-state index is 0.124. The monoisotopic (exact) mass is 257 g/mol. The molecule has 0 spiro atoms. The molecule has 1 rings (SSSR count). The number of benzene rings is 1. The molecule has 6 heteroatoms. The Morgan fingerprint density at radius 2 is 1.94 bits per heavy atom. The molecule has 18 heavy (non-hydrogen) atoms. The van der Waals surface area contributed by atoms with Crippen LogP contribution in [0.2, 0.25) is 0 Å². The van der Waals surface area contributed by atoms with Gasteiger partial charge in [-0.1, -0.05) is 0 Å². The van der Waals surface area contributed by atoms with Crippen molar-refractivity contribution in [3.8, 4) is 5.75 Å². The van der Waals surface area contributed by atoms with E-state index in [2.05, 4.69) is 0 Å². The second-order valence-electron chi connectivity index (χ2n) is 4.71. The normalized spacial score (nSPS) is 11.3. The zero-order chi connectivity index (χ0) is 13.8. The highest BCUT2D eigenvalue weighted by Crippen LogP contribution is 2.21. The predicted octanol–water partition coefficient (Wildman–Crippen LogP) is 2.93. The fourth-order valence-electron chi connectivity index (χ4n) is 1.24. The maximum atomic E-state index is 13.1. The van der Waals surface area contributed by atoms with Gasteiger partial charge in [0.15, 0.2) is 0 Å². The van der Waals surface area contributed by atoms with Crippen LogP contribution >= 0.6 is 0 Å². The number of nitro groups is 1. The van der Waals surface area contributed by atoms with Gasteiger partial charge in [0.1, 0.15) is 18.2 Å². The highest BCUT2D eigenvalue weighted by atomic mass is 19.1. The van der Waals surface area contributed by atoms with Gasteiger partial charge in [0.2, 0.25) is 0 Å². The average Bonchev–Trinajstić information content (AvgIpc) is 2.22. The third-order valence-corrected chi connectivity index (χ3v) is 1.95. The second-order valence-corrected chi connectivity index (χ2v) is 4.71. The summed E-state index contributed by atoms with van der Waals surface area (Å²) in [7, 11) is 0. The third kappa shape index (κ3) is 5.09. The summed E-state index contributed by atoms with van der Waals surface area (Å²) in [5, 5.41) is 10.5. The van der Waals surface area contributed by atoms with Crippen molar-refractivity contribution in [1.29, 1.82) is 0 Å². The molecular weight excluding hydrogens is 241 g/mol. The Morgan fingerprint density at radius 3 is 2.50 bits per heavy atom. The first kappa shape index (κ1) is 14.4. The molecule has 0 amide bonds. The Bertz CT molecular complexity index is 429. The molecule has 0 saturated heterocycles. The van der Waals surface area contributed by atoms with Crippen LogP contribution in [0.4, 0.5) is 10.1 Å². The van der Waals surface area contributed by atoms with Crippen LogP contribution in [0.1, 0.15) is 20.8 Å². The molecule has 0 aliphatic heterocycles. The summed E-state index contributed by atoms with van der Waals surface area (Å²) in [5.74, 6) is -0.574. The fraction of sp³-hybridized carbons (Fsp3) is 0.500. The van der Waals surface area contributed by atoms with Crippen molar-refractivity contribution in [2.45, 2.75) is 26.4 Å². The zero-order valence-corrected chi connectivity index (χ0v) is 10.6. The van der Waals surface area contributed by atoms with Crippen molar-refractivity contribution in [3.63, 3.8) is 0 Å². The Kier molecular flexibility index (Phi) is 4.61. The molecule has 0 saturated carbocycles. The largest absolute Gasteiger partial charge is 0.491 e. The van der Waals surface area contributed by atoms with E-state index in [-0.39, 0.29) is 23.6 Å². The maximum Gasteiger partial charge on any atom is 0.276 e. The van der Waals surface area contributed by atoms with Gasteiger partial charge in [-0.05, 0) is 20.8 Å². The Balaban J connectivity index is 2.55. The molecule has 0 N–H and O–H groups in total. The number of hydrogen-bond acceptors (Lipinski definition) is 4. The minimum Gasteiger partial charge on any atom is -0.491 e. The second kappa shape index (κ2) is 5.77. The molecule has 0 radical (unpaired) electrons. The lowest BCUT2D eigenvalue weighted by atomic mass is 10.2. The average molecular weight is 257 g/mol. The molecule has 0 unspecified atom stereocenters. The van der Waals surface area contributed by atoms with E-state index in [1.165, 1.54) is 6.07 Å². The van der Waals surface area contributed by atoms with E-state index in [1.807, 2.05) is 20.8 Å². The van der Waals surface area contributed by atoms with Crippen molar-refractivity contribution in [3.05, 3.63) is 34.1 Å². The summed E-state index contributed by atoms with van der Waals surface area (Å²) in [6, 6.07) is 3.13. The lowest BCUT2D eigenvalue weighted by Gasteiger charge is -2.19. The molecular formula is C12H16FNO4. The van der Waals surface area contributed by atoms with Crippen molar-refractivity contribution in [1.82, 2.24) is 0 Å². The first-order valence-corrected chi connectivity index (χ1v) is 5.50. The van der Waals surface area contributed by atoms with Crippen LogP contribution in [0.5, 0.6) is 5.75 Å². The fourth-order valence-corrected chi connectivity index (χ4v) is 1.24. The SMILES string of the molecule is CC(C)(C)OCCOc1cc(F)cc([N+](=O)[O-])c1. The van der Waals surface area contributed by atoms with E-state index in [1.54, 1.807) is 0 Å². The van der Waals surface area contributed by atoms with Crippen LogP contribution in [0.25, 0.3) is 0 Å². The Morgan fingerprint density at radius 1 is 1.28 bits per heavy atom. The third-order valence-electron chi connectivity index (χ3n) is 1.95. The highest BCUT2D eigenvalue weighted by molar-refractivity contribution is 5.38. The smallest absolute Gasteiger partial charge is 0.276 e. The van der Waals surface area contributed by atoms with Crippen LogP contribution in [-0.4, -0.2) is 23.7 Å². The predicted molar refractivity (Wildman–Crippen MR) is 64.3 cm³/mol.